The number of Topliss-reactive ketones (excluding diaryl/α,β-unsaturated/α-hetero) is 1. The Labute approximate surface area is 192 Å². The Balaban J connectivity index is 1.92. The smallest absolute Gasteiger partial charge is 0.300 e. The third-order valence-electron chi connectivity index (χ3n) is 5.50. The third kappa shape index (κ3) is 3.88. The SMILES string of the molecule is Cc1cccc(N2C(=O)C(=O)C(=C(O)c3ccc([N+](=O)[O-])cc3)C2c2ccc([N+](=O)[O-])cc2)c1. The van der Waals surface area contributed by atoms with Crippen LogP contribution in [0.25, 0.3) is 5.76 Å². The van der Waals surface area contributed by atoms with Crippen molar-refractivity contribution in [1.82, 2.24) is 0 Å². The molecule has 10 heteroatoms. The Morgan fingerprint density at radius 1 is 0.882 bits per heavy atom. The molecule has 0 radical (unpaired) electrons. The van der Waals surface area contributed by atoms with Crippen molar-refractivity contribution in [1.29, 1.82) is 0 Å². The van der Waals surface area contributed by atoms with Gasteiger partial charge in [0.2, 0.25) is 0 Å². The van der Waals surface area contributed by atoms with Gasteiger partial charge in [-0.1, -0.05) is 12.1 Å². The number of amides is 1. The van der Waals surface area contributed by atoms with E-state index in [1.54, 1.807) is 18.2 Å². The lowest BCUT2D eigenvalue weighted by molar-refractivity contribution is -0.385. The predicted molar refractivity (Wildman–Crippen MR) is 122 cm³/mol. The number of non-ortho nitro benzene ring substituents is 2. The molecule has 1 atom stereocenters. The van der Waals surface area contributed by atoms with E-state index >= 15 is 0 Å². The van der Waals surface area contributed by atoms with Crippen molar-refractivity contribution in [2.45, 2.75) is 13.0 Å². The maximum absolute atomic E-state index is 13.1. The summed E-state index contributed by atoms with van der Waals surface area (Å²) in [5, 5.41) is 33.1. The van der Waals surface area contributed by atoms with Gasteiger partial charge in [0.1, 0.15) is 5.76 Å². The maximum Gasteiger partial charge on any atom is 0.300 e. The molecule has 0 saturated carbocycles. The number of nitro benzene ring substituents is 2. The molecule has 170 valence electrons. The van der Waals surface area contributed by atoms with Crippen LogP contribution < -0.4 is 4.90 Å². The predicted octanol–water partition coefficient (Wildman–Crippen LogP) is 4.44. The Morgan fingerprint density at radius 2 is 1.44 bits per heavy atom. The van der Waals surface area contributed by atoms with E-state index < -0.39 is 33.3 Å². The molecule has 1 amide bonds. The summed E-state index contributed by atoms with van der Waals surface area (Å²) in [5.74, 6) is -2.33. The summed E-state index contributed by atoms with van der Waals surface area (Å²) >= 11 is 0. The van der Waals surface area contributed by atoms with Crippen molar-refractivity contribution in [3.05, 3.63) is 115 Å². The first-order valence-electron chi connectivity index (χ1n) is 10.1. The molecule has 0 spiro atoms. The van der Waals surface area contributed by atoms with Gasteiger partial charge >= 0.3 is 0 Å². The number of aryl methyl sites for hydroxylation is 1. The Kier molecular flexibility index (Phi) is 5.64. The minimum atomic E-state index is -1.07. The molecule has 3 aromatic rings. The van der Waals surface area contributed by atoms with Gasteiger partial charge in [-0.05, 0) is 54.4 Å². The largest absolute Gasteiger partial charge is 0.507 e. The van der Waals surface area contributed by atoms with Crippen LogP contribution in [-0.4, -0.2) is 26.6 Å². The lowest BCUT2D eigenvalue weighted by atomic mass is 9.95. The van der Waals surface area contributed by atoms with E-state index in [0.717, 1.165) is 5.56 Å². The monoisotopic (exact) mass is 459 g/mol. The molecule has 1 heterocycles. The van der Waals surface area contributed by atoms with Crippen LogP contribution >= 0.6 is 0 Å². The summed E-state index contributed by atoms with van der Waals surface area (Å²) in [6.45, 7) is 1.82. The van der Waals surface area contributed by atoms with E-state index in [2.05, 4.69) is 0 Å². The van der Waals surface area contributed by atoms with Crippen LogP contribution in [0.1, 0.15) is 22.7 Å². The minimum absolute atomic E-state index is 0.111. The van der Waals surface area contributed by atoms with Crippen LogP contribution in [0.15, 0.2) is 78.4 Å². The summed E-state index contributed by atoms with van der Waals surface area (Å²) < 4.78 is 0. The van der Waals surface area contributed by atoms with E-state index in [9.17, 15) is 34.9 Å². The molecule has 1 N–H and O–H groups in total. The fourth-order valence-corrected chi connectivity index (χ4v) is 3.87. The number of hydrogen-bond acceptors (Lipinski definition) is 7. The first-order valence-corrected chi connectivity index (χ1v) is 10.1. The molecule has 0 aliphatic carbocycles. The quantitative estimate of drug-likeness (QED) is 0.195. The van der Waals surface area contributed by atoms with Gasteiger partial charge in [-0.2, -0.15) is 0 Å². The normalized spacial score (nSPS) is 17.1. The van der Waals surface area contributed by atoms with Crippen LogP contribution in [0.2, 0.25) is 0 Å². The van der Waals surface area contributed by atoms with Crippen molar-refractivity contribution in [3.63, 3.8) is 0 Å². The summed E-state index contributed by atoms with van der Waals surface area (Å²) in [7, 11) is 0. The third-order valence-corrected chi connectivity index (χ3v) is 5.50. The van der Waals surface area contributed by atoms with E-state index in [1.807, 2.05) is 13.0 Å². The molecular formula is C24H17N3O7. The molecule has 10 nitrogen and oxygen atoms in total. The number of nitrogens with zero attached hydrogens (tertiary/aromatic N) is 3. The van der Waals surface area contributed by atoms with Crippen molar-refractivity contribution < 1.29 is 24.5 Å². The summed E-state index contributed by atoms with van der Waals surface area (Å²) in [6, 6.07) is 16.0. The number of benzene rings is 3. The molecule has 4 rings (SSSR count). The highest BCUT2D eigenvalue weighted by atomic mass is 16.6. The highest BCUT2D eigenvalue weighted by Crippen LogP contribution is 2.42. The number of carbonyl (C=O) groups excluding carboxylic acids is 2. The standard InChI is InChI=1S/C24H17N3O7/c1-14-3-2-4-19(13-14)25-21(15-5-9-17(10-6-15)26(31)32)20(23(29)24(25)30)22(28)16-7-11-18(12-8-16)27(33)34/h2-13,21,28H,1H3. The number of carbonyl (C=O) groups is 2. The summed E-state index contributed by atoms with van der Waals surface area (Å²) in [6.07, 6.45) is 0. The van der Waals surface area contributed by atoms with Gasteiger partial charge in [-0.25, -0.2) is 0 Å². The van der Waals surface area contributed by atoms with Crippen molar-refractivity contribution in [2.24, 2.45) is 0 Å². The van der Waals surface area contributed by atoms with Gasteiger partial charge in [-0.15, -0.1) is 0 Å². The van der Waals surface area contributed by atoms with Gasteiger partial charge in [-0.3, -0.25) is 34.7 Å². The van der Waals surface area contributed by atoms with Crippen LogP contribution in [0.4, 0.5) is 17.1 Å². The van der Waals surface area contributed by atoms with Crippen molar-refractivity contribution >= 4 is 34.5 Å². The maximum atomic E-state index is 13.1. The first kappa shape index (κ1) is 22.3. The van der Waals surface area contributed by atoms with E-state index in [0.29, 0.717) is 11.3 Å². The summed E-state index contributed by atoms with van der Waals surface area (Å²) in [4.78, 5) is 48.3. The fourth-order valence-electron chi connectivity index (χ4n) is 3.87. The molecular weight excluding hydrogens is 442 g/mol. The van der Waals surface area contributed by atoms with Crippen molar-refractivity contribution in [2.75, 3.05) is 4.90 Å². The number of nitro groups is 2. The average molecular weight is 459 g/mol. The first-order chi connectivity index (χ1) is 16.2. The van der Waals surface area contributed by atoms with Crippen molar-refractivity contribution in [3.8, 4) is 0 Å². The number of aliphatic hydroxyl groups is 1. The Morgan fingerprint density at radius 3 is 1.97 bits per heavy atom. The van der Waals surface area contributed by atoms with Crippen LogP contribution in [0, 0.1) is 27.2 Å². The number of aliphatic hydroxyl groups excluding tert-OH is 1. The molecule has 34 heavy (non-hydrogen) atoms. The number of rotatable bonds is 5. The second-order valence-corrected chi connectivity index (χ2v) is 7.66. The minimum Gasteiger partial charge on any atom is -0.507 e. The lowest BCUT2D eigenvalue weighted by Crippen LogP contribution is -2.29. The zero-order chi connectivity index (χ0) is 24.6. The molecule has 1 fully saturated rings. The average Bonchev–Trinajstić information content (AvgIpc) is 3.09. The molecule has 1 aliphatic heterocycles. The molecule has 1 unspecified atom stereocenters. The van der Waals surface area contributed by atoms with Gasteiger partial charge in [0.15, 0.2) is 0 Å². The zero-order valence-electron chi connectivity index (χ0n) is 17.7. The fraction of sp³-hybridized carbons (Fsp3) is 0.0833. The number of ketones is 1. The summed E-state index contributed by atoms with van der Waals surface area (Å²) in [5.41, 5.74) is 1.12. The molecule has 0 aromatic heterocycles. The van der Waals surface area contributed by atoms with E-state index in [-0.39, 0.29) is 22.5 Å². The van der Waals surface area contributed by atoms with Crippen LogP contribution in [0.3, 0.4) is 0 Å². The Hall–Kier alpha value is -4.86. The zero-order valence-corrected chi connectivity index (χ0v) is 17.7. The molecule has 0 bridgehead atoms. The molecule has 1 saturated heterocycles. The van der Waals surface area contributed by atoms with Crippen LogP contribution in [0.5, 0.6) is 0 Å². The molecule has 3 aromatic carbocycles. The van der Waals surface area contributed by atoms with Gasteiger partial charge in [0.05, 0.1) is 21.5 Å². The molecule has 1 aliphatic rings. The topological polar surface area (TPSA) is 144 Å². The highest BCUT2D eigenvalue weighted by molar-refractivity contribution is 6.51. The van der Waals surface area contributed by atoms with Gasteiger partial charge < -0.3 is 5.11 Å². The Bertz CT molecular complexity index is 1360. The second kappa shape index (κ2) is 8.58. The lowest BCUT2D eigenvalue weighted by Gasteiger charge is -2.25. The van der Waals surface area contributed by atoms with Crippen LogP contribution in [-0.2, 0) is 9.59 Å². The number of hydrogen-bond donors (Lipinski definition) is 1. The van der Waals surface area contributed by atoms with E-state index in [1.165, 1.54) is 53.4 Å². The second-order valence-electron chi connectivity index (χ2n) is 7.66. The number of anilines is 1. The van der Waals surface area contributed by atoms with Gasteiger partial charge in [0, 0.05) is 35.5 Å². The van der Waals surface area contributed by atoms with Gasteiger partial charge in [0.25, 0.3) is 23.1 Å². The van der Waals surface area contributed by atoms with E-state index in [4.69, 9.17) is 0 Å². The highest BCUT2D eigenvalue weighted by Gasteiger charge is 2.47.